The molecule has 1 aliphatic carbocycles. The van der Waals surface area contributed by atoms with Crippen LogP contribution in [0.3, 0.4) is 0 Å². The summed E-state index contributed by atoms with van der Waals surface area (Å²) in [6.07, 6.45) is 9.68. The van der Waals surface area contributed by atoms with Crippen LogP contribution in [-0.2, 0) is 0 Å². The number of hydrogen-bond acceptors (Lipinski definition) is 1. The molecule has 2 unspecified atom stereocenters. The summed E-state index contributed by atoms with van der Waals surface area (Å²) in [6, 6.07) is 0. The Bertz CT molecular complexity index is 267. The fourth-order valence-corrected chi connectivity index (χ4v) is 2.06. The van der Waals surface area contributed by atoms with E-state index in [4.69, 9.17) is 11.1 Å². The van der Waals surface area contributed by atoms with E-state index in [-0.39, 0.29) is 5.96 Å². The SMILES string of the molecule is [NH]C(=N)N1CCC2C=CC=CC2C1. The Morgan fingerprint density at radius 3 is 2.62 bits per heavy atom. The van der Waals surface area contributed by atoms with Crippen molar-refractivity contribution in [3.8, 4) is 0 Å². The molecule has 2 rings (SSSR count). The molecule has 1 heterocycles. The van der Waals surface area contributed by atoms with E-state index in [2.05, 4.69) is 24.3 Å². The van der Waals surface area contributed by atoms with Crippen LogP contribution in [0.15, 0.2) is 24.3 Å². The molecule has 2 aliphatic rings. The summed E-state index contributed by atoms with van der Waals surface area (Å²) in [5, 5.41) is 7.25. The van der Waals surface area contributed by atoms with Gasteiger partial charge in [-0.25, -0.2) is 0 Å². The molecular weight excluding hydrogens is 162 g/mol. The normalized spacial score (nSPS) is 31.5. The van der Waals surface area contributed by atoms with Crippen LogP contribution in [0.25, 0.3) is 0 Å². The molecule has 0 aromatic heterocycles. The van der Waals surface area contributed by atoms with Crippen LogP contribution in [0.4, 0.5) is 0 Å². The minimum absolute atomic E-state index is 0.0404. The molecule has 13 heavy (non-hydrogen) atoms. The number of nitrogens with zero attached hydrogens (tertiary/aromatic N) is 1. The highest BCUT2D eigenvalue weighted by Crippen LogP contribution is 2.28. The van der Waals surface area contributed by atoms with E-state index in [1.54, 1.807) is 0 Å². The number of likely N-dealkylation sites (tertiary alicyclic amines) is 1. The van der Waals surface area contributed by atoms with Gasteiger partial charge in [-0.1, -0.05) is 24.3 Å². The smallest absolute Gasteiger partial charge is 0.210 e. The van der Waals surface area contributed by atoms with Gasteiger partial charge in [0.25, 0.3) is 0 Å². The van der Waals surface area contributed by atoms with Crippen molar-refractivity contribution in [3.63, 3.8) is 0 Å². The first kappa shape index (κ1) is 8.35. The topological polar surface area (TPSA) is 50.9 Å². The maximum atomic E-state index is 7.25. The number of hydrogen-bond donors (Lipinski definition) is 1. The van der Waals surface area contributed by atoms with E-state index in [9.17, 15) is 0 Å². The van der Waals surface area contributed by atoms with Crippen LogP contribution < -0.4 is 5.73 Å². The first-order valence-electron chi connectivity index (χ1n) is 4.67. The summed E-state index contributed by atoms with van der Waals surface area (Å²) >= 11 is 0. The fourth-order valence-electron chi connectivity index (χ4n) is 2.06. The van der Waals surface area contributed by atoms with Crippen molar-refractivity contribution in [1.82, 2.24) is 10.6 Å². The molecular formula is C10H14N3. The summed E-state index contributed by atoms with van der Waals surface area (Å²) < 4.78 is 0. The average molecular weight is 176 g/mol. The lowest BCUT2D eigenvalue weighted by Crippen LogP contribution is -2.43. The summed E-state index contributed by atoms with van der Waals surface area (Å²) in [7, 11) is 0. The molecule has 1 aliphatic heterocycles. The molecule has 0 saturated carbocycles. The van der Waals surface area contributed by atoms with Gasteiger partial charge in [-0.3, -0.25) is 11.1 Å². The van der Waals surface area contributed by atoms with Crippen LogP contribution in [-0.4, -0.2) is 23.9 Å². The van der Waals surface area contributed by atoms with Crippen LogP contribution in [0.5, 0.6) is 0 Å². The van der Waals surface area contributed by atoms with Gasteiger partial charge in [0, 0.05) is 19.0 Å². The van der Waals surface area contributed by atoms with E-state index in [0.29, 0.717) is 11.8 Å². The molecule has 2 atom stereocenters. The van der Waals surface area contributed by atoms with Gasteiger partial charge in [0.2, 0.25) is 5.96 Å². The van der Waals surface area contributed by atoms with Crippen molar-refractivity contribution in [2.24, 2.45) is 11.8 Å². The molecule has 3 nitrogen and oxygen atoms in total. The third kappa shape index (κ3) is 1.59. The molecule has 1 saturated heterocycles. The van der Waals surface area contributed by atoms with Gasteiger partial charge >= 0.3 is 0 Å². The lowest BCUT2D eigenvalue weighted by molar-refractivity contribution is 0.239. The van der Waals surface area contributed by atoms with E-state index < -0.39 is 0 Å². The first-order valence-corrected chi connectivity index (χ1v) is 4.67. The van der Waals surface area contributed by atoms with Crippen molar-refractivity contribution in [2.75, 3.05) is 13.1 Å². The monoisotopic (exact) mass is 176 g/mol. The lowest BCUT2D eigenvalue weighted by Gasteiger charge is -2.36. The second kappa shape index (κ2) is 3.24. The van der Waals surface area contributed by atoms with Gasteiger partial charge in [-0.2, -0.15) is 0 Å². The second-order valence-corrected chi connectivity index (χ2v) is 3.68. The largest absolute Gasteiger partial charge is 0.341 e. The Labute approximate surface area is 78.4 Å². The van der Waals surface area contributed by atoms with Crippen molar-refractivity contribution < 1.29 is 0 Å². The molecule has 1 radical (unpaired) electrons. The Hall–Kier alpha value is -1.25. The second-order valence-electron chi connectivity index (χ2n) is 3.68. The summed E-state index contributed by atoms with van der Waals surface area (Å²) in [5.41, 5.74) is 7.25. The van der Waals surface area contributed by atoms with Gasteiger partial charge in [-0.15, -0.1) is 0 Å². The lowest BCUT2D eigenvalue weighted by atomic mass is 9.83. The van der Waals surface area contributed by atoms with Crippen LogP contribution in [0.2, 0.25) is 0 Å². The maximum absolute atomic E-state index is 7.25. The van der Waals surface area contributed by atoms with Gasteiger partial charge < -0.3 is 4.90 Å². The molecule has 0 aromatic carbocycles. The van der Waals surface area contributed by atoms with Gasteiger partial charge in [-0.05, 0) is 12.3 Å². The molecule has 3 heteroatoms. The van der Waals surface area contributed by atoms with Crippen molar-refractivity contribution in [2.45, 2.75) is 6.42 Å². The molecule has 0 amide bonds. The fraction of sp³-hybridized carbons (Fsp3) is 0.500. The highest BCUT2D eigenvalue weighted by Gasteiger charge is 2.27. The predicted octanol–water partition coefficient (Wildman–Crippen LogP) is 1.27. The number of guanidine groups is 1. The summed E-state index contributed by atoms with van der Waals surface area (Å²) in [5.74, 6) is 1.12. The number of rotatable bonds is 0. The first-order chi connectivity index (χ1) is 6.27. The summed E-state index contributed by atoms with van der Waals surface area (Å²) in [4.78, 5) is 1.84. The Balaban J connectivity index is 2.04. The standard InChI is InChI=1S/C10H14N3/c11-10(12)13-6-5-8-3-1-2-4-9(8)7-13/h1-4,8-9,11-12H,5-7H2. The molecule has 0 aromatic rings. The number of fused-ring (bicyclic) bond motifs is 1. The van der Waals surface area contributed by atoms with E-state index in [0.717, 1.165) is 19.5 Å². The summed E-state index contributed by atoms with van der Waals surface area (Å²) in [6.45, 7) is 1.70. The Kier molecular flexibility index (Phi) is 2.08. The van der Waals surface area contributed by atoms with E-state index >= 15 is 0 Å². The molecule has 2 N–H and O–H groups in total. The van der Waals surface area contributed by atoms with Gasteiger partial charge in [0.15, 0.2) is 0 Å². The number of nitrogens with one attached hydrogen (secondary N) is 2. The zero-order valence-electron chi connectivity index (χ0n) is 7.53. The maximum Gasteiger partial charge on any atom is 0.210 e. The predicted molar refractivity (Wildman–Crippen MR) is 52.3 cm³/mol. The van der Waals surface area contributed by atoms with Gasteiger partial charge in [0.1, 0.15) is 0 Å². The van der Waals surface area contributed by atoms with Crippen LogP contribution in [0, 0.1) is 17.2 Å². The van der Waals surface area contributed by atoms with Gasteiger partial charge in [0.05, 0.1) is 0 Å². The zero-order valence-corrected chi connectivity index (χ0v) is 7.53. The van der Waals surface area contributed by atoms with Crippen LogP contribution >= 0.6 is 0 Å². The minimum Gasteiger partial charge on any atom is -0.341 e. The molecule has 0 spiro atoms. The van der Waals surface area contributed by atoms with Crippen molar-refractivity contribution >= 4 is 5.96 Å². The Morgan fingerprint density at radius 1 is 1.23 bits per heavy atom. The van der Waals surface area contributed by atoms with Crippen molar-refractivity contribution in [3.05, 3.63) is 24.3 Å². The Morgan fingerprint density at radius 2 is 1.92 bits per heavy atom. The highest BCUT2D eigenvalue weighted by atomic mass is 15.2. The minimum atomic E-state index is -0.0404. The number of piperidine rings is 1. The van der Waals surface area contributed by atoms with Crippen molar-refractivity contribution in [1.29, 1.82) is 5.41 Å². The highest BCUT2D eigenvalue weighted by molar-refractivity contribution is 5.73. The number of allylic oxidation sites excluding steroid dienone is 3. The molecule has 69 valence electrons. The zero-order chi connectivity index (χ0) is 9.26. The third-order valence-electron chi connectivity index (χ3n) is 2.86. The van der Waals surface area contributed by atoms with E-state index in [1.165, 1.54) is 0 Å². The average Bonchev–Trinajstić information content (AvgIpc) is 2.17. The molecule has 1 fully saturated rings. The third-order valence-corrected chi connectivity index (χ3v) is 2.86. The van der Waals surface area contributed by atoms with E-state index in [1.807, 2.05) is 4.90 Å². The molecule has 0 bridgehead atoms. The quantitative estimate of drug-likeness (QED) is 0.438. The van der Waals surface area contributed by atoms with Crippen LogP contribution in [0.1, 0.15) is 6.42 Å².